The molecule has 0 saturated carbocycles. The Hall–Kier alpha value is -2.66. The van der Waals surface area contributed by atoms with E-state index in [4.69, 9.17) is 0 Å². The highest BCUT2D eigenvalue weighted by Crippen LogP contribution is 2.24. The van der Waals surface area contributed by atoms with Crippen molar-refractivity contribution in [3.63, 3.8) is 0 Å². The lowest BCUT2D eigenvalue weighted by Gasteiger charge is -2.28. The molecule has 1 amide bonds. The van der Waals surface area contributed by atoms with E-state index >= 15 is 0 Å². The number of amides is 1. The fourth-order valence-electron chi connectivity index (χ4n) is 4.15. The first kappa shape index (κ1) is 18.7. The van der Waals surface area contributed by atoms with Crippen molar-refractivity contribution < 1.29 is 4.79 Å². The van der Waals surface area contributed by atoms with Crippen molar-refractivity contribution in [2.45, 2.75) is 39.2 Å². The number of rotatable bonds is 6. The van der Waals surface area contributed by atoms with Crippen LogP contribution in [-0.2, 0) is 6.42 Å². The molecule has 0 spiro atoms. The Balaban J connectivity index is 1.59. The molecule has 1 atom stereocenters. The molecule has 0 bridgehead atoms. The number of nitrogens with zero attached hydrogens (tertiary/aromatic N) is 3. The van der Waals surface area contributed by atoms with Gasteiger partial charge in [-0.3, -0.25) is 14.1 Å². The number of likely N-dealkylation sites (tertiary alicyclic amines) is 1. The summed E-state index contributed by atoms with van der Waals surface area (Å²) in [6.07, 6.45) is 5.18. The van der Waals surface area contributed by atoms with Crippen molar-refractivity contribution >= 4 is 11.6 Å². The summed E-state index contributed by atoms with van der Waals surface area (Å²) in [5.41, 5.74) is 4.71. The van der Waals surface area contributed by atoms with Crippen LogP contribution in [0.15, 0.2) is 48.7 Å². The van der Waals surface area contributed by atoms with Gasteiger partial charge in [-0.15, -0.1) is 0 Å². The monoisotopic (exact) mass is 376 g/mol. The summed E-state index contributed by atoms with van der Waals surface area (Å²) in [6.45, 7) is 6.86. The average Bonchev–Trinajstić information content (AvgIpc) is 3.36. The van der Waals surface area contributed by atoms with Gasteiger partial charge in [-0.2, -0.15) is 0 Å². The molecule has 1 aliphatic heterocycles. The summed E-state index contributed by atoms with van der Waals surface area (Å²) >= 11 is 0. The van der Waals surface area contributed by atoms with Crippen molar-refractivity contribution in [2.75, 3.05) is 19.6 Å². The Morgan fingerprint density at radius 2 is 1.89 bits per heavy atom. The Labute approximate surface area is 166 Å². The van der Waals surface area contributed by atoms with E-state index in [1.54, 1.807) is 0 Å². The first-order valence-electron chi connectivity index (χ1n) is 10.2. The summed E-state index contributed by atoms with van der Waals surface area (Å²) in [6, 6.07) is 14.7. The number of hydrogen-bond acceptors (Lipinski definition) is 3. The van der Waals surface area contributed by atoms with Gasteiger partial charge in [0.05, 0.1) is 11.7 Å². The third-order valence-corrected chi connectivity index (χ3v) is 5.61. The zero-order chi connectivity index (χ0) is 19.5. The van der Waals surface area contributed by atoms with Crippen molar-refractivity contribution in [3.05, 3.63) is 71.2 Å². The summed E-state index contributed by atoms with van der Waals surface area (Å²) in [5, 5.41) is 3.21. The molecule has 1 fully saturated rings. The molecule has 3 heterocycles. The quantitative estimate of drug-likeness (QED) is 0.712. The van der Waals surface area contributed by atoms with Crippen molar-refractivity contribution in [1.29, 1.82) is 0 Å². The highest BCUT2D eigenvalue weighted by molar-refractivity contribution is 5.94. The third kappa shape index (κ3) is 3.67. The van der Waals surface area contributed by atoms with Crippen molar-refractivity contribution in [3.8, 4) is 0 Å². The van der Waals surface area contributed by atoms with E-state index in [0.29, 0.717) is 12.2 Å². The molecule has 1 saturated heterocycles. The molecule has 0 radical (unpaired) electrons. The smallest absolute Gasteiger partial charge is 0.270 e. The number of benzene rings is 1. The van der Waals surface area contributed by atoms with Crippen LogP contribution in [0.4, 0.5) is 0 Å². The Kier molecular flexibility index (Phi) is 5.44. The number of aromatic nitrogens is 2. The summed E-state index contributed by atoms with van der Waals surface area (Å²) in [7, 11) is 0. The van der Waals surface area contributed by atoms with Crippen LogP contribution in [0.3, 0.4) is 0 Å². The topological polar surface area (TPSA) is 49.6 Å². The number of carbonyl (C=O) groups excluding carboxylic acids is 1. The molecule has 5 nitrogen and oxygen atoms in total. The lowest BCUT2D eigenvalue weighted by molar-refractivity contribution is 0.0931. The number of nitrogens with one attached hydrogen (secondary N) is 1. The van der Waals surface area contributed by atoms with Crippen molar-refractivity contribution in [2.24, 2.45) is 0 Å². The second kappa shape index (κ2) is 8.15. The van der Waals surface area contributed by atoms with Gasteiger partial charge in [0.1, 0.15) is 11.3 Å². The third-order valence-electron chi connectivity index (χ3n) is 5.61. The SMILES string of the molecule is CCc1nc2ccc(C)cn2c1C(=O)NCC(c1ccccc1)N1CCCC1. The second-order valence-electron chi connectivity index (χ2n) is 7.57. The van der Waals surface area contributed by atoms with Gasteiger partial charge in [0.2, 0.25) is 0 Å². The average molecular weight is 377 g/mol. The van der Waals surface area contributed by atoms with Crippen LogP contribution in [0.5, 0.6) is 0 Å². The van der Waals surface area contributed by atoms with Gasteiger partial charge < -0.3 is 5.32 Å². The Morgan fingerprint density at radius 3 is 2.61 bits per heavy atom. The van der Waals surface area contributed by atoms with Crippen LogP contribution in [-0.4, -0.2) is 39.8 Å². The largest absolute Gasteiger partial charge is 0.349 e. The number of aryl methyl sites for hydroxylation is 2. The molecule has 1 N–H and O–H groups in total. The van der Waals surface area contributed by atoms with Gasteiger partial charge in [-0.25, -0.2) is 4.98 Å². The zero-order valence-electron chi connectivity index (χ0n) is 16.7. The number of imidazole rings is 1. The van der Waals surface area contributed by atoms with Crippen LogP contribution in [0.1, 0.15) is 53.1 Å². The minimum absolute atomic E-state index is 0.0462. The van der Waals surface area contributed by atoms with E-state index in [9.17, 15) is 4.79 Å². The maximum atomic E-state index is 13.2. The van der Waals surface area contributed by atoms with Crippen LogP contribution in [0, 0.1) is 6.92 Å². The van der Waals surface area contributed by atoms with Gasteiger partial charge in [-0.1, -0.05) is 43.3 Å². The van der Waals surface area contributed by atoms with Gasteiger partial charge in [0, 0.05) is 12.7 Å². The fourth-order valence-corrected chi connectivity index (χ4v) is 4.15. The minimum atomic E-state index is -0.0462. The maximum Gasteiger partial charge on any atom is 0.270 e. The molecule has 2 aromatic heterocycles. The number of carbonyl (C=O) groups is 1. The van der Waals surface area contributed by atoms with E-state index < -0.39 is 0 Å². The molecule has 4 rings (SSSR count). The fraction of sp³-hybridized carbons (Fsp3) is 0.391. The van der Waals surface area contributed by atoms with E-state index in [-0.39, 0.29) is 11.9 Å². The minimum Gasteiger partial charge on any atom is -0.349 e. The maximum absolute atomic E-state index is 13.2. The predicted octanol–water partition coefficient (Wildman–Crippen LogP) is 3.77. The standard InChI is InChI=1S/C23H28N4O/c1-3-19-22(27-16-17(2)11-12-21(27)25-19)23(28)24-15-20(26-13-7-8-14-26)18-9-5-4-6-10-18/h4-6,9-12,16,20H,3,7-8,13-15H2,1-2H3,(H,24,28). The number of fused-ring (bicyclic) bond motifs is 1. The first-order valence-corrected chi connectivity index (χ1v) is 10.2. The zero-order valence-corrected chi connectivity index (χ0v) is 16.7. The molecule has 1 unspecified atom stereocenters. The van der Waals surface area contributed by atoms with Crippen LogP contribution in [0.25, 0.3) is 5.65 Å². The lowest BCUT2D eigenvalue weighted by atomic mass is 10.1. The van der Waals surface area contributed by atoms with Crippen LogP contribution < -0.4 is 5.32 Å². The molecule has 1 aromatic carbocycles. The lowest BCUT2D eigenvalue weighted by Crippen LogP contribution is -2.37. The van der Waals surface area contributed by atoms with Gasteiger partial charge in [0.15, 0.2) is 0 Å². The van der Waals surface area contributed by atoms with Gasteiger partial charge >= 0.3 is 0 Å². The molecular weight excluding hydrogens is 348 g/mol. The first-order chi connectivity index (χ1) is 13.7. The molecule has 146 valence electrons. The van der Waals surface area contributed by atoms with Crippen molar-refractivity contribution in [1.82, 2.24) is 19.6 Å². The molecule has 3 aromatic rings. The highest BCUT2D eigenvalue weighted by Gasteiger charge is 2.25. The molecule has 5 heteroatoms. The van der Waals surface area contributed by atoms with Gasteiger partial charge in [0.25, 0.3) is 5.91 Å². The Bertz CT molecular complexity index is 957. The normalized spacial score (nSPS) is 15.8. The van der Waals surface area contributed by atoms with Crippen LogP contribution in [0.2, 0.25) is 0 Å². The molecule has 0 aliphatic carbocycles. The van der Waals surface area contributed by atoms with Gasteiger partial charge in [-0.05, 0) is 56.5 Å². The number of pyridine rings is 1. The van der Waals surface area contributed by atoms with Crippen LogP contribution >= 0.6 is 0 Å². The Morgan fingerprint density at radius 1 is 1.14 bits per heavy atom. The summed E-state index contributed by atoms with van der Waals surface area (Å²) in [4.78, 5) is 20.3. The number of hydrogen-bond donors (Lipinski definition) is 1. The summed E-state index contributed by atoms with van der Waals surface area (Å²) in [5.74, 6) is -0.0462. The van der Waals surface area contributed by atoms with E-state index in [2.05, 4.69) is 39.5 Å². The molecule has 28 heavy (non-hydrogen) atoms. The van der Waals surface area contributed by atoms with E-state index in [1.165, 1.54) is 18.4 Å². The highest BCUT2D eigenvalue weighted by atomic mass is 16.2. The summed E-state index contributed by atoms with van der Waals surface area (Å²) < 4.78 is 1.93. The van der Waals surface area contributed by atoms with E-state index in [0.717, 1.165) is 36.4 Å². The molecule has 1 aliphatic rings. The van der Waals surface area contributed by atoms with E-state index in [1.807, 2.05) is 42.6 Å². The second-order valence-corrected chi connectivity index (χ2v) is 7.57. The molecular formula is C23H28N4O. The predicted molar refractivity (Wildman–Crippen MR) is 112 cm³/mol.